The van der Waals surface area contributed by atoms with Crippen LogP contribution in [0, 0.1) is 5.82 Å². The van der Waals surface area contributed by atoms with Crippen LogP contribution < -0.4 is 0 Å². The number of ether oxygens (including phenoxy) is 1. The predicted octanol–water partition coefficient (Wildman–Crippen LogP) is 4.87. The molecule has 166 valence electrons. The minimum atomic E-state index is -1.14. The number of carbonyl (C=O) groups is 4. The monoisotopic (exact) mass is 527 g/mol. The van der Waals surface area contributed by atoms with Gasteiger partial charge in [0.1, 0.15) is 11.4 Å². The maximum Gasteiger partial charge on any atom is 0.410 e. The highest BCUT2D eigenvalue weighted by atomic mass is 79.9. The van der Waals surface area contributed by atoms with Crippen LogP contribution in [0.15, 0.2) is 34.8 Å². The molecule has 0 aromatic heterocycles. The molecule has 1 aromatic carbocycles. The molecule has 0 aliphatic rings. The molecule has 30 heavy (non-hydrogen) atoms. The third kappa shape index (κ3) is 13.3. The molecule has 0 heterocycles. The molecule has 0 saturated carbocycles. The van der Waals surface area contributed by atoms with Gasteiger partial charge in [0.25, 0.3) is 0 Å². The summed E-state index contributed by atoms with van der Waals surface area (Å²) in [6.45, 7) is 5.67. The molecule has 0 saturated heterocycles. The summed E-state index contributed by atoms with van der Waals surface area (Å²) in [5.74, 6) is -1.45. The second-order valence-corrected chi connectivity index (χ2v) is 8.26. The molecule has 11 heteroatoms. The van der Waals surface area contributed by atoms with Gasteiger partial charge in [-0.2, -0.15) is 0 Å². The third-order valence-electron chi connectivity index (χ3n) is 3.00. The number of carboxylic acid groups (broad SMARTS) is 1. The van der Waals surface area contributed by atoms with Crippen molar-refractivity contribution in [2.45, 2.75) is 39.3 Å². The van der Waals surface area contributed by atoms with E-state index in [1.807, 2.05) is 0 Å². The van der Waals surface area contributed by atoms with Crippen LogP contribution in [0.3, 0.4) is 0 Å². The van der Waals surface area contributed by atoms with E-state index in [-0.39, 0.29) is 13.1 Å². The lowest BCUT2D eigenvalue weighted by Gasteiger charge is -2.27. The van der Waals surface area contributed by atoms with Crippen molar-refractivity contribution >= 4 is 61.7 Å². The molecule has 0 radical (unpaired) electrons. The zero-order valence-electron chi connectivity index (χ0n) is 16.5. The largest absolute Gasteiger partial charge is 0.478 e. The molecule has 0 atom stereocenters. The van der Waals surface area contributed by atoms with Crippen molar-refractivity contribution in [3.63, 3.8) is 0 Å². The van der Waals surface area contributed by atoms with Gasteiger partial charge < -0.3 is 14.7 Å². The number of nitrogens with zero attached hydrogens (tertiary/aromatic N) is 1. The molecule has 1 N–H and O–H groups in total. The van der Waals surface area contributed by atoms with Crippen LogP contribution in [-0.4, -0.2) is 44.7 Å². The summed E-state index contributed by atoms with van der Waals surface area (Å²) in [4.78, 5) is 43.1. The average molecular weight is 529 g/mol. The zero-order valence-corrected chi connectivity index (χ0v) is 19.6. The summed E-state index contributed by atoms with van der Waals surface area (Å²) in [5, 5.41) is 6.32. The van der Waals surface area contributed by atoms with Crippen LogP contribution in [0.2, 0.25) is 0 Å². The van der Waals surface area contributed by atoms with Gasteiger partial charge in [-0.3, -0.25) is 9.59 Å². The first kappa shape index (κ1) is 28.0. The summed E-state index contributed by atoms with van der Waals surface area (Å²) >= 11 is 12.3. The van der Waals surface area contributed by atoms with Crippen molar-refractivity contribution in [1.29, 1.82) is 0 Å². The fourth-order valence-corrected chi connectivity index (χ4v) is 2.22. The van der Waals surface area contributed by atoms with Crippen LogP contribution >= 0.6 is 39.1 Å². The Hall–Kier alpha value is -1.97. The normalized spacial score (nSPS) is 10.8. The van der Waals surface area contributed by atoms with Gasteiger partial charge in [0.05, 0.1) is 6.54 Å². The Bertz CT molecular complexity index is 799. The van der Waals surface area contributed by atoms with E-state index in [2.05, 4.69) is 39.1 Å². The van der Waals surface area contributed by atoms with Crippen LogP contribution in [0.5, 0.6) is 0 Å². The molecule has 0 aliphatic heterocycles. The molecule has 7 nitrogen and oxygen atoms in total. The standard InChI is InChI=1S/C17H21BrFNO4.C2Cl2O2/c1-17(2,3)24-16(23)20(9-5-4-6-15(21)22)11-12-10-13(19)7-8-14(12)18;3-1(5)2(4)6/h4,6-8,10H,5,9,11H2,1-3H3,(H,21,22);. The third-order valence-corrected chi connectivity index (χ3v) is 4.21. The smallest absolute Gasteiger partial charge is 0.410 e. The maximum absolute atomic E-state index is 13.4. The average Bonchev–Trinajstić information content (AvgIpc) is 2.59. The van der Waals surface area contributed by atoms with Crippen LogP contribution in [0.4, 0.5) is 9.18 Å². The van der Waals surface area contributed by atoms with Gasteiger partial charge >= 0.3 is 22.5 Å². The highest BCUT2D eigenvalue weighted by Gasteiger charge is 2.22. The van der Waals surface area contributed by atoms with Crippen LogP contribution in [0.1, 0.15) is 32.8 Å². The number of halogens is 4. The maximum atomic E-state index is 13.4. The lowest BCUT2D eigenvalue weighted by molar-refractivity contribution is -0.131. The van der Waals surface area contributed by atoms with Crippen molar-refractivity contribution in [3.8, 4) is 0 Å². The van der Waals surface area contributed by atoms with Gasteiger partial charge in [0, 0.05) is 17.1 Å². The summed E-state index contributed by atoms with van der Waals surface area (Å²) in [5.41, 5.74) is -0.0612. The molecule has 0 spiro atoms. The molecular formula is C19H21BrCl2FNO6. The Morgan fingerprint density at radius 2 is 1.77 bits per heavy atom. The van der Waals surface area contributed by atoms with Crippen LogP contribution in [0.25, 0.3) is 0 Å². The number of carboxylic acids is 1. The summed E-state index contributed by atoms with van der Waals surface area (Å²) in [6, 6.07) is 4.23. The minimum absolute atomic E-state index is 0.147. The number of hydrogen-bond donors (Lipinski definition) is 1. The number of aliphatic carboxylic acids is 1. The Labute approximate surface area is 191 Å². The summed E-state index contributed by atoms with van der Waals surface area (Å²) < 4.78 is 19.5. The Balaban J connectivity index is 0.00000122. The van der Waals surface area contributed by atoms with Crippen molar-refractivity contribution in [2.75, 3.05) is 6.54 Å². The highest BCUT2D eigenvalue weighted by Crippen LogP contribution is 2.21. The zero-order chi connectivity index (χ0) is 23.5. The summed E-state index contributed by atoms with van der Waals surface area (Å²) in [6.07, 6.45) is 2.28. The first-order valence-electron chi connectivity index (χ1n) is 8.43. The molecule has 0 aliphatic carbocycles. The van der Waals surface area contributed by atoms with Crippen molar-refractivity contribution in [3.05, 3.63) is 46.2 Å². The molecule has 0 unspecified atom stereocenters. The van der Waals surface area contributed by atoms with Gasteiger partial charge in [-0.25, -0.2) is 14.0 Å². The molecule has 0 bridgehead atoms. The molecule has 1 rings (SSSR count). The Kier molecular flexibility index (Phi) is 12.5. The van der Waals surface area contributed by atoms with E-state index in [0.717, 1.165) is 6.08 Å². The highest BCUT2D eigenvalue weighted by molar-refractivity contribution is 9.10. The Morgan fingerprint density at radius 1 is 1.20 bits per heavy atom. The van der Waals surface area contributed by atoms with E-state index in [4.69, 9.17) is 9.84 Å². The topological polar surface area (TPSA) is 101 Å². The van der Waals surface area contributed by atoms with E-state index < -0.39 is 34.0 Å². The van der Waals surface area contributed by atoms with Gasteiger partial charge in [-0.1, -0.05) is 22.0 Å². The first-order chi connectivity index (χ1) is 13.7. The van der Waals surface area contributed by atoms with E-state index in [1.165, 1.54) is 23.1 Å². The van der Waals surface area contributed by atoms with Crippen molar-refractivity contribution < 1.29 is 33.4 Å². The quantitative estimate of drug-likeness (QED) is 0.307. The number of hydrogen-bond acceptors (Lipinski definition) is 5. The second kappa shape index (κ2) is 13.4. The Morgan fingerprint density at radius 3 is 2.23 bits per heavy atom. The van der Waals surface area contributed by atoms with E-state index >= 15 is 0 Å². The van der Waals surface area contributed by atoms with Crippen LogP contribution in [-0.2, 0) is 25.7 Å². The second-order valence-electron chi connectivity index (χ2n) is 6.71. The van der Waals surface area contributed by atoms with E-state index in [1.54, 1.807) is 26.8 Å². The first-order valence-corrected chi connectivity index (χ1v) is 9.98. The molecular weight excluding hydrogens is 508 g/mol. The fraction of sp³-hybridized carbons (Fsp3) is 0.368. The van der Waals surface area contributed by atoms with E-state index in [0.29, 0.717) is 16.5 Å². The molecule has 1 aromatic rings. The van der Waals surface area contributed by atoms with Gasteiger partial charge in [0.15, 0.2) is 0 Å². The number of benzene rings is 1. The van der Waals surface area contributed by atoms with Gasteiger partial charge in [-0.15, -0.1) is 0 Å². The molecule has 0 fully saturated rings. The fourth-order valence-electron chi connectivity index (χ4n) is 1.85. The number of amides is 1. The van der Waals surface area contributed by atoms with Gasteiger partial charge in [0.2, 0.25) is 0 Å². The lowest BCUT2D eigenvalue weighted by Crippen LogP contribution is -2.37. The summed E-state index contributed by atoms with van der Waals surface area (Å²) in [7, 11) is 0. The minimum Gasteiger partial charge on any atom is -0.478 e. The van der Waals surface area contributed by atoms with Crippen molar-refractivity contribution in [1.82, 2.24) is 4.90 Å². The number of rotatable bonds is 7. The lowest BCUT2D eigenvalue weighted by atomic mass is 10.2. The van der Waals surface area contributed by atoms with Gasteiger partial charge in [-0.05, 0) is 74.2 Å². The molecule has 1 amide bonds. The number of carbonyl (C=O) groups excluding carboxylic acids is 3. The SMILES string of the molecule is CC(C)(C)OC(=O)N(CCC=CC(=O)O)Cc1cc(F)ccc1Br.O=C(Cl)C(=O)Cl. The van der Waals surface area contributed by atoms with E-state index in [9.17, 15) is 23.6 Å². The van der Waals surface area contributed by atoms with Crippen molar-refractivity contribution in [2.24, 2.45) is 0 Å². The predicted molar refractivity (Wildman–Crippen MR) is 114 cm³/mol.